The van der Waals surface area contributed by atoms with Gasteiger partial charge in [0, 0.05) is 30.5 Å². The number of amides is 1. The summed E-state index contributed by atoms with van der Waals surface area (Å²) in [5, 5.41) is 7.22. The van der Waals surface area contributed by atoms with Crippen molar-refractivity contribution in [3.63, 3.8) is 0 Å². The highest BCUT2D eigenvalue weighted by Crippen LogP contribution is 2.23. The standard InChI is InChI=1S/C18H23NO3S2/c1-21-16-9-14(10-17(11-16)22-2)3-4-18(20)19-6-8-24-13-15-5-7-23-12-15/h5,7,9-12H,3-4,6,8,13H2,1-2H3,(H,19,20). The Balaban J connectivity index is 1.65. The van der Waals surface area contributed by atoms with Crippen LogP contribution in [0.25, 0.3) is 0 Å². The maximum Gasteiger partial charge on any atom is 0.220 e. The van der Waals surface area contributed by atoms with Crippen molar-refractivity contribution >= 4 is 29.0 Å². The topological polar surface area (TPSA) is 47.6 Å². The van der Waals surface area contributed by atoms with Gasteiger partial charge in [-0.2, -0.15) is 23.1 Å². The lowest BCUT2D eigenvalue weighted by molar-refractivity contribution is -0.120. The molecular weight excluding hydrogens is 342 g/mol. The molecule has 0 aliphatic rings. The Morgan fingerprint density at radius 1 is 1.17 bits per heavy atom. The predicted molar refractivity (Wildman–Crippen MR) is 101 cm³/mol. The second-order valence-electron chi connectivity index (χ2n) is 5.26. The van der Waals surface area contributed by atoms with Crippen LogP contribution in [0.3, 0.4) is 0 Å². The molecule has 1 N–H and O–H groups in total. The summed E-state index contributed by atoms with van der Waals surface area (Å²) in [5.41, 5.74) is 2.39. The quantitative estimate of drug-likeness (QED) is 0.652. The first kappa shape index (κ1) is 18.7. The maximum atomic E-state index is 11.9. The summed E-state index contributed by atoms with van der Waals surface area (Å²) in [6.07, 6.45) is 1.13. The number of hydrogen-bond acceptors (Lipinski definition) is 5. The van der Waals surface area contributed by atoms with Gasteiger partial charge in [-0.25, -0.2) is 0 Å². The molecule has 0 saturated heterocycles. The molecule has 1 aromatic heterocycles. The summed E-state index contributed by atoms with van der Waals surface area (Å²) in [6.45, 7) is 0.703. The number of aryl methyl sites for hydroxylation is 1. The van der Waals surface area contributed by atoms with Gasteiger partial charge in [0.25, 0.3) is 0 Å². The number of carbonyl (C=O) groups excluding carboxylic acids is 1. The zero-order valence-corrected chi connectivity index (χ0v) is 15.7. The van der Waals surface area contributed by atoms with Gasteiger partial charge in [-0.15, -0.1) is 0 Å². The highest BCUT2D eigenvalue weighted by atomic mass is 32.2. The van der Waals surface area contributed by atoms with E-state index in [1.807, 2.05) is 30.0 Å². The van der Waals surface area contributed by atoms with E-state index in [4.69, 9.17) is 9.47 Å². The largest absolute Gasteiger partial charge is 0.497 e. The Morgan fingerprint density at radius 3 is 2.54 bits per heavy atom. The third kappa shape index (κ3) is 6.45. The summed E-state index contributed by atoms with van der Waals surface area (Å²) < 4.78 is 10.5. The number of benzene rings is 1. The molecule has 1 heterocycles. The second kappa shape index (κ2) is 10.3. The number of ether oxygens (including phenoxy) is 2. The van der Waals surface area contributed by atoms with Gasteiger partial charge in [0.2, 0.25) is 5.91 Å². The minimum atomic E-state index is 0.0768. The molecule has 2 aromatic rings. The van der Waals surface area contributed by atoms with E-state index in [2.05, 4.69) is 22.1 Å². The molecule has 0 saturated carbocycles. The fourth-order valence-corrected chi connectivity index (χ4v) is 3.76. The van der Waals surface area contributed by atoms with Crippen LogP contribution in [0, 0.1) is 0 Å². The third-order valence-corrected chi connectivity index (χ3v) is 5.23. The fraction of sp³-hybridized carbons (Fsp3) is 0.389. The molecule has 0 bridgehead atoms. The number of thiophene rings is 1. The lowest BCUT2D eigenvalue weighted by atomic mass is 10.1. The van der Waals surface area contributed by atoms with E-state index in [1.165, 1.54) is 5.56 Å². The van der Waals surface area contributed by atoms with E-state index in [-0.39, 0.29) is 5.91 Å². The van der Waals surface area contributed by atoms with Crippen LogP contribution in [0.15, 0.2) is 35.0 Å². The van der Waals surface area contributed by atoms with Crippen LogP contribution >= 0.6 is 23.1 Å². The summed E-state index contributed by atoms with van der Waals surface area (Å²) in [6, 6.07) is 7.84. The van der Waals surface area contributed by atoms with Crippen LogP contribution in [0.2, 0.25) is 0 Å². The minimum Gasteiger partial charge on any atom is -0.497 e. The van der Waals surface area contributed by atoms with E-state index >= 15 is 0 Å². The van der Waals surface area contributed by atoms with E-state index in [1.54, 1.807) is 25.6 Å². The highest BCUT2D eigenvalue weighted by molar-refractivity contribution is 7.98. The zero-order chi connectivity index (χ0) is 17.2. The van der Waals surface area contributed by atoms with Crippen molar-refractivity contribution in [3.05, 3.63) is 46.2 Å². The van der Waals surface area contributed by atoms with Gasteiger partial charge in [-0.3, -0.25) is 4.79 Å². The number of carbonyl (C=O) groups is 1. The molecule has 24 heavy (non-hydrogen) atoms. The molecule has 0 unspecified atom stereocenters. The van der Waals surface area contributed by atoms with Crippen molar-refractivity contribution < 1.29 is 14.3 Å². The summed E-state index contributed by atoms with van der Waals surface area (Å²) >= 11 is 3.55. The highest BCUT2D eigenvalue weighted by Gasteiger charge is 2.05. The molecule has 130 valence electrons. The minimum absolute atomic E-state index is 0.0768. The molecule has 0 spiro atoms. The Hall–Kier alpha value is -1.66. The van der Waals surface area contributed by atoms with Gasteiger partial charge < -0.3 is 14.8 Å². The van der Waals surface area contributed by atoms with Gasteiger partial charge in [0.15, 0.2) is 0 Å². The van der Waals surface area contributed by atoms with Crippen LogP contribution in [-0.2, 0) is 17.0 Å². The number of hydrogen-bond donors (Lipinski definition) is 1. The van der Waals surface area contributed by atoms with Gasteiger partial charge in [0.05, 0.1) is 14.2 Å². The summed E-state index contributed by atoms with van der Waals surface area (Å²) in [7, 11) is 3.25. The van der Waals surface area contributed by atoms with E-state index < -0.39 is 0 Å². The van der Waals surface area contributed by atoms with Crippen LogP contribution < -0.4 is 14.8 Å². The molecule has 1 aromatic carbocycles. The van der Waals surface area contributed by atoms with E-state index in [0.717, 1.165) is 28.6 Å². The molecule has 0 atom stereocenters. The monoisotopic (exact) mass is 365 g/mol. The molecule has 1 amide bonds. The first-order chi connectivity index (χ1) is 11.7. The zero-order valence-electron chi connectivity index (χ0n) is 14.0. The van der Waals surface area contributed by atoms with Crippen molar-refractivity contribution in [1.82, 2.24) is 5.32 Å². The fourth-order valence-electron chi connectivity index (χ4n) is 2.18. The lowest BCUT2D eigenvalue weighted by Gasteiger charge is -2.09. The SMILES string of the molecule is COc1cc(CCC(=O)NCCSCc2ccsc2)cc(OC)c1. The Morgan fingerprint density at radius 2 is 1.92 bits per heavy atom. The number of nitrogens with one attached hydrogen (secondary N) is 1. The second-order valence-corrected chi connectivity index (χ2v) is 7.14. The normalized spacial score (nSPS) is 10.4. The number of rotatable bonds is 10. The van der Waals surface area contributed by atoms with E-state index in [0.29, 0.717) is 19.4 Å². The molecule has 0 aliphatic heterocycles. The Labute approximate surface area is 151 Å². The van der Waals surface area contributed by atoms with Crippen molar-refractivity contribution in [3.8, 4) is 11.5 Å². The van der Waals surface area contributed by atoms with Gasteiger partial charge in [0.1, 0.15) is 11.5 Å². The molecular formula is C18H23NO3S2. The van der Waals surface area contributed by atoms with Crippen molar-refractivity contribution in [2.45, 2.75) is 18.6 Å². The molecule has 6 heteroatoms. The van der Waals surface area contributed by atoms with Crippen LogP contribution in [0.4, 0.5) is 0 Å². The van der Waals surface area contributed by atoms with E-state index in [9.17, 15) is 4.79 Å². The van der Waals surface area contributed by atoms with Gasteiger partial charge in [-0.05, 0) is 46.5 Å². The van der Waals surface area contributed by atoms with Gasteiger partial charge >= 0.3 is 0 Å². The van der Waals surface area contributed by atoms with Crippen molar-refractivity contribution in [2.24, 2.45) is 0 Å². The smallest absolute Gasteiger partial charge is 0.220 e. The average Bonchev–Trinajstić information content (AvgIpc) is 3.12. The molecule has 4 nitrogen and oxygen atoms in total. The first-order valence-corrected chi connectivity index (χ1v) is 9.88. The van der Waals surface area contributed by atoms with Crippen LogP contribution in [-0.4, -0.2) is 32.4 Å². The molecule has 0 radical (unpaired) electrons. The maximum absolute atomic E-state index is 11.9. The summed E-state index contributed by atoms with van der Waals surface area (Å²) in [5.74, 6) is 3.49. The average molecular weight is 366 g/mol. The van der Waals surface area contributed by atoms with Crippen molar-refractivity contribution in [1.29, 1.82) is 0 Å². The van der Waals surface area contributed by atoms with Crippen LogP contribution in [0.5, 0.6) is 11.5 Å². The number of methoxy groups -OCH3 is 2. The molecule has 0 aliphatic carbocycles. The number of thioether (sulfide) groups is 1. The predicted octanol–water partition coefficient (Wildman–Crippen LogP) is 3.75. The molecule has 0 fully saturated rings. The Kier molecular flexibility index (Phi) is 7.98. The van der Waals surface area contributed by atoms with Crippen molar-refractivity contribution in [2.75, 3.05) is 26.5 Å². The Bertz CT molecular complexity index is 607. The third-order valence-electron chi connectivity index (χ3n) is 3.47. The van der Waals surface area contributed by atoms with Gasteiger partial charge in [-0.1, -0.05) is 0 Å². The molecule has 2 rings (SSSR count). The lowest BCUT2D eigenvalue weighted by Crippen LogP contribution is -2.25. The first-order valence-electron chi connectivity index (χ1n) is 7.78. The van der Waals surface area contributed by atoms with Crippen LogP contribution in [0.1, 0.15) is 17.5 Å². The summed E-state index contributed by atoms with van der Waals surface area (Å²) in [4.78, 5) is 11.9.